The van der Waals surface area contributed by atoms with Gasteiger partial charge in [0.1, 0.15) is 6.26 Å². The SMILES string of the molecule is CN=C(NCCCOCC1CCOC1)NCCc1coc(-c2ccc(C)cc2)n1.I. The van der Waals surface area contributed by atoms with Crippen molar-refractivity contribution in [2.24, 2.45) is 10.9 Å². The van der Waals surface area contributed by atoms with Crippen LogP contribution in [0, 0.1) is 12.8 Å². The van der Waals surface area contributed by atoms with Crippen LogP contribution in [0.3, 0.4) is 0 Å². The predicted octanol–water partition coefficient (Wildman–Crippen LogP) is 3.42. The molecule has 1 unspecified atom stereocenters. The second kappa shape index (κ2) is 13.6. The molecule has 1 aliphatic rings. The van der Waals surface area contributed by atoms with E-state index in [1.807, 2.05) is 12.1 Å². The minimum atomic E-state index is 0. The summed E-state index contributed by atoms with van der Waals surface area (Å²) in [6, 6.07) is 8.18. The molecule has 0 bridgehead atoms. The second-order valence-corrected chi connectivity index (χ2v) is 7.34. The Kier molecular flexibility index (Phi) is 11.2. The van der Waals surface area contributed by atoms with Crippen molar-refractivity contribution in [3.8, 4) is 11.5 Å². The van der Waals surface area contributed by atoms with Crippen LogP contribution in [0.25, 0.3) is 11.5 Å². The molecule has 0 spiro atoms. The van der Waals surface area contributed by atoms with Gasteiger partial charge < -0.3 is 24.5 Å². The highest BCUT2D eigenvalue weighted by Gasteiger charge is 2.15. The summed E-state index contributed by atoms with van der Waals surface area (Å²) < 4.78 is 16.7. The first-order chi connectivity index (χ1) is 14.2. The lowest BCUT2D eigenvalue weighted by Crippen LogP contribution is -2.39. The molecule has 1 saturated heterocycles. The first kappa shape index (κ1) is 24.6. The summed E-state index contributed by atoms with van der Waals surface area (Å²) in [5.41, 5.74) is 3.14. The quantitative estimate of drug-likeness (QED) is 0.213. The Balaban J connectivity index is 0.00000320. The molecule has 3 rings (SSSR count). The number of nitrogens with one attached hydrogen (secondary N) is 2. The summed E-state index contributed by atoms with van der Waals surface area (Å²) in [4.78, 5) is 8.82. The van der Waals surface area contributed by atoms with Crippen molar-refractivity contribution in [2.75, 3.05) is 46.6 Å². The number of hydrogen-bond acceptors (Lipinski definition) is 5. The van der Waals surface area contributed by atoms with Crippen LogP contribution in [-0.4, -0.2) is 57.5 Å². The average molecular weight is 528 g/mol. The first-order valence-corrected chi connectivity index (χ1v) is 10.4. The Bertz CT molecular complexity index is 758. The number of aryl methyl sites for hydroxylation is 1. The van der Waals surface area contributed by atoms with E-state index in [1.54, 1.807) is 13.3 Å². The van der Waals surface area contributed by atoms with Crippen molar-refractivity contribution in [3.05, 3.63) is 41.8 Å². The highest BCUT2D eigenvalue weighted by Crippen LogP contribution is 2.19. The van der Waals surface area contributed by atoms with Gasteiger partial charge >= 0.3 is 0 Å². The van der Waals surface area contributed by atoms with Crippen molar-refractivity contribution >= 4 is 29.9 Å². The molecular weight excluding hydrogens is 495 g/mol. The van der Waals surface area contributed by atoms with E-state index in [0.717, 1.165) is 76.0 Å². The zero-order chi connectivity index (χ0) is 20.3. The second-order valence-electron chi connectivity index (χ2n) is 7.34. The zero-order valence-corrected chi connectivity index (χ0v) is 20.2. The van der Waals surface area contributed by atoms with Crippen LogP contribution in [0.15, 0.2) is 39.9 Å². The standard InChI is InChI=1S/C22H32N4O3.HI/c1-17-4-6-19(7-5-17)21-26-20(16-29-21)8-11-25-22(23-2)24-10-3-12-27-14-18-9-13-28-15-18;/h4-7,16,18H,3,8-15H2,1-2H3,(H2,23,24,25);1H. The van der Waals surface area contributed by atoms with Gasteiger partial charge in [-0.05, 0) is 31.9 Å². The highest BCUT2D eigenvalue weighted by molar-refractivity contribution is 14.0. The van der Waals surface area contributed by atoms with Crippen molar-refractivity contribution in [3.63, 3.8) is 0 Å². The third kappa shape index (κ3) is 8.23. The number of halogens is 1. The van der Waals surface area contributed by atoms with Gasteiger partial charge in [-0.1, -0.05) is 17.7 Å². The molecule has 2 N–H and O–H groups in total. The number of nitrogens with zero attached hydrogens (tertiary/aromatic N) is 2. The molecule has 8 heteroatoms. The summed E-state index contributed by atoms with van der Waals surface area (Å²) >= 11 is 0. The summed E-state index contributed by atoms with van der Waals surface area (Å²) in [6.07, 6.45) is 4.55. The maximum absolute atomic E-state index is 5.72. The number of ether oxygens (including phenoxy) is 2. The third-order valence-electron chi connectivity index (χ3n) is 4.88. The van der Waals surface area contributed by atoms with Crippen LogP contribution in [0.2, 0.25) is 0 Å². The molecule has 0 saturated carbocycles. The Morgan fingerprint density at radius 1 is 1.23 bits per heavy atom. The lowest BCUT2D eigenvalue weighted by atomic mass is 10.1. The number of benzene rings is 1. The third-order valence-corrected chi connectivity index (χ3v) is 4.88. The van der Waals surface area contributed by atoms with Crippen LogP contribution in [-0.2, 0) is 15.9 Å². The number of rotatable bonds is 10. The van der Waals surface area contributed by atoms with Crippen molar-refractivity contribution in [1.29, 1.82) is 0 Å². The molecule has 2 aromatic rings. The summed E-state index contributed by atoms with van der Waals surface area (Å²) in [5, 5.41) is 6.62. The Morgan fingerprint density at radius 3 is 2.77 bits per heavy atom. The lowest BCUT2D eigenvalue weighted by Gasteiger charge is -2.12. The molecule has 2 heterocycles. The number of hydrogen-bond donors (Lipinski definition) is 2. The van der Waals surface area contributed by atoms with E-state index in [1.165, 1.54) is 5.56 Å². The molecule has 1 aliphatic heterocycles. The molecule has 0 radical (unpaired) electrons. The summed E-state index contributed by atoms with van der Waals surface area (Å²) in [5.74, 6) is 2.02. The normalized spacial score (nSPS) is 16.3. The molecule has 0 amide bonds. The first-order valence-electron chi connectivity index (χ1n) is 10.4. The highest BCUT2D eigenvalue weighted by atomic mass is 127. The Hall–Kier alpha value is -1.65. The largest absolute Gasteiger partial charge is 0.444 e. The fraction of sp³-hybridized carbons (Fsp3) is 0.545. The van der Waals surface area contributed by atoms with Gasteiger partial charge in [0.2, 0.25) is 5.89 Å². The monoisotopic (exact) mass is 528 g/mol. The average Bonchev–Trinajstić information content (AvgIpc) is 3.42. The van der Waals surface area contributed by atoms with E-state index < -0.39 is 0 Å². The summed E-state index contributed by atoms with van der Waals surface area (Å²) in [6.45, 7) is 6.89. The lowest BCUT2D eigenvalue weighted by molar-refractivity contribution is 0.0888. The summed E-state index contributed by atoms with van der Waals surface area (Å²) in [7, 11) is 1.78. The molecule has 7 nitrogen and oxygen atoms in total. The Morgan fingerprint density at radius 2 is 2.03 bits per heavy atom. The number of guanidine groups is 1. The molecule has 0 aliphatic carbocycles. The van der Waals surface area contributed by atoms with E-state index in [9.17, 15) is 0 Å². The fourth-order valence-corrected chi connectivity index (χ4v) is 3.13. The molecule has 166 valence electrons. The smallest absolute Gasteiger partial charge is 0.226 e. The molecular formula is C22H33IN4O3. The number of aliphatic imine (C=N–C) groups is 1. The van der Waals surface area contributed by atoms with E-state index in [2.05, 4.69) is 39.7 Å². The predicted molar refractivity (Wildman–Crippen MR) is 130 cm³/mol. The maximum atomic E-state index is 5.72. The Labute approximate surface area is 196 Å². The van der Waals surface area contributed by atoms with Crippen molar-refractivity contribution < 1.29 is 13.9 Å². The molecule has 1 fully saturated rings. The minimum absolute atomic E-state index is 0. The molecule has 30 heavy (non-hydrogen) atoms. The van der Waals surface area contributed by atoms with E-state index >= 15 is 0 Å². The van der Waals surface area contributed by atoms with Crippen LogP contribution >= 0.6 is 24.0 Å². The molecule has 1 aromatic carbocycles. The van der Waals surface area contributed by atoms with E-state index in [0.29, 0.717) is 11.8 Å². The molecule has 1 aromatic heterocycles. The number of aromatic nitrogens is 1. The van der Waals surface area contributed by atoms with Gasteiger partial charge in [-0.3, -0.25) is 4.99 Å². The van der Waals surface area contributed by atoms with Gasteiger partial charge in [-0.25, -0.2) is 4.98 Å². The van der Waals surface area contributed by atoms with Crippen LogP contribution in [0.4, 0.5) is 0 Å². The van der Waals surface area contributed by atoms with Gasteiger partial charge in [-0.15, -0.1) is 24.0 Å². The van der Waals surface area contributed by atoms with Crippen LogP contribution in [0.5, 0.6) is 0 Å². The molecule has 1 atom stereocenters. The maximum Gasteiger partial charge on any atom is 0.226 e. The van der Waals surface area contributed by atoms with E-state index in [4.69, 9.17) is 13.9 Å². The fourth-order valence-electron chi connectivity index (χ4n) is 3.13. The van der Waals surface area contributed by atoms with Crippen molar-refractivity contribution in [2.45, 2.75) is 26.2 Å². The zero-order valence-electron chi connectivity index (χ0n) is 17.9. The minimum Gasteiger partial charge on any atom is -0.444 e. The van der Waals surface area contributed by atoms with E-state index in [-0.39, 0.29) is 24.0 Å². The van der Waals surface area contributed by atoms with Crippen LogP contribution < -0.4 is 10.6 Å². The van der Waals surface area contributed by atoms with Gasteiger partial charge in [0.15, 0.2) is 5.96 Å². The van der Waals surface area contributed by atoms with Gasteiger partial charge in [0.05, 0.1) is 18.9 Å². The number of oxazole rings is 1. The topological polar surface area (TPSA) is 80.9 Å². The van der Waals surface area contributed by atoms with Crippen molar-refractivity contribution in [1.82, 2.24) is 15.6 Å². The van der Waals surface area contributed by atoms with Gasteiger partial charge in [0.25, 0.3) is 0 Å². The van der Waals surface area contributed by atoms with Gasteiger partial charge in [-0.2, -0.15) is 0 Å². The van der Waals surface area contributed by atoms with Gasteiger partial charge in [0, 0.05) is 51.3 Å². The van der Waals surface area contributed by atoms with Crippen LogP contribution in [0.1, 0.15) is 24.1 Å².